The van der Waals surface area contributed by atoms with Crippen LogP contribution >= 0.6 is 11.3 Å². The molecule has 0 bridgehead atoms. The number of amides is 1. The van der Waals surface area contributed by atoms with Crippen LogP contribution < -0.4 is 15.6 Å². The maximum atomic E-state index is 12.8. The Balaban J connectivity index is 2.02. The van der Waals surface area contributed by atoms with E-state index in [4.69, 9.17) is 4.74 Å². The molecule has 26 heavy (non-hydrogen) atoms. The average molecular weight is 371 g/mol. The van der Waals surface area contributed by atoms with E-state index in [-0.39, 0.29) is 11.5 Å². The van der Waals surface area contributed by atoms with Gasteiger partial charge in [-0.3, -0.25) is 14.2 Å². The summed E-state index contributed by atoms with van der Waals surface area (Å²) in [6, 6.07) is 5.58. The van der Waals surface area contributed by atoms with E-state index in [1.54, 1.807) is 24.9 Å². The maximum absolute atomic E-state index is 12.8. The number of thiophene rings is 1. The number of aryl methyl sites for hydroxylation is 3. The zero-order valence-corrected chi connectivity index (χ0v) is 16.1. The number of nitrogens with zero attached hydrogens (tertiary/aromatic N) is 2. The molecule has 1 aromatic carbocycles. The number of hydrogen-bond acceptors (Lipinski definition) is 5. The summed E-state index contributed by atoms with van der Waals surface area (Å²) in [5.74, 6) is 0.321. The monoisotopic (exact) mass is 371 g/mol. The van der Waals surface area contributed by atoms with Crippen LogP contribution in [0.5, 0.6) is 5.75 Å². The molecular formula is C19H21N3O3S. The number of hydrogen-bond donors (Lipinski definition) is 1. The SMILES string of the molecule is CCCn1cnc2sc(C(=O)Nc3cc(C)ccc3OC)c(C)c2c1=O. The lowest BCUT2D eigenvalue weighted by atomic mass is 10.2. The standard InChI is InChI=1S/C19H21N3O3S/c1-5-8-22-10-20-18-15(19(22)24)12(3)16(26-18)17(23)21-13-9-11(2)6-7-14(13)25-4/h6-7,9-10H,5,8H2,1-4H3,(H,21,23). The summed E-state index contributed by atoms with van der Waals surface area (Å²) in [6.07, 6.45) is 2.39. The van der Waals surface area contributed by atoms with Crippen molar-refractivity contribution in [1.29, 1.82) is 0 Å². The fourth-order valence-electron chi connectivity index (χ4n) is 2.87. The van der Waals surface area contributed by atoms with E-state index in [0.717, 1.165) is 12.0 Å². The number of benzene rings is 1. The summed E-state index contributed by atoms with van der Waals surface area (Å²) in [4.78, 5) is 30.9. The Morgan fingerprint density at radius 2 is 2.12 bits per heavy atom. The molecule has 0 atom stereocenters. The molecule has 3 rings (SSSR count). The molecule has 0 spiro atoms. The van der Waals surface area contributed by atoms with Crippen molar-refractivity contribution in [3.8, 4) is 5.75 Å². The van der Waals surface area contributed by atoms with Crippen molar-refractivity contribution in [3.63, 3.8) is 0 Å². The first-order chi connectivity index (χ1) is 12.5. The Bertz CT molecular complexity index is 1040. The van der Waals surface area contributed by atoms with Crippen molar-refractivity contribution in [2.24, 2.45) is 0 Å². The van der Waals surface area contributed by atoms with Crippen molar-refractivity contribution in [3.05, 3.63) is 50.9 Å². The van der Waals surface area contributed by atoms with Gasteiger partial charge in [-0.05, 0) is 43.5 Å². The van der Waals surface area contributed by atoms with Crippen molar-refractivity contribution >= 4 is 33.1 Å². The number of carbonyl (C=O) groups is 1. The Labute approximate surface area is 155 Å². The summed E-state index contributed by atoms with van der Waals surface area (Å²) in [6.45, 7) is 6.35. The number of fused-ring (bicyclic) bond motifs is 1. The number of anilines is 1. The van der Waals surface area contributed by atoms with Crippen molar-refractivity contribution in [2.75, 3.05) is 12.4 Å². The zero-order chi connectivity index (χ0) is 18.8. The molecule has 0 aliphatic heterocycles. The second-order valence-electron chi connectivity index (χ2n) is 6.14. The summed E-state index contributed by atoms with van der Waals surface area (Å²) in [7, 11) is 1.56. The quantitative estimate of drug-likeness (QED) is 0.741. The molecule has 1 amide bonds. The van der Waals surface area contributed by atoms with E-state index in [1.165, 1.54) is 11.3 Å². The molecule has 0 aliphatic carbocycles. The van der Waals surface area contributed by atoms with Gasteiger partial charge in [0.2, 0.25) is 0 Å². The summed E-state index contributed by atoms with van der Waals surface area (Å²) in [5.41, 5.74) is 2.18. The third-order valence-corrected chi connectivity index (χ3v) is 5.39. The molecule has 0 saturated carbocycles. The molecule has 6 nitrogen and oxygen atoms in total. The molecule has 0 saturated heterocycles. The lowest BCUT2D eigenvalue weighted by molar-refractivity contribution is 0.102. The highest BCUT2D eigenvalue weighted by atomic mass is 32.1. The molecule has 136 valence electrons. The Morgan fingerprint density at radius 1 is 1.35 bits per heavy atom. The molecule has 1 N–H and O–H groups in total. The molecule has 7 heteroatoms. The van der Waals surface area contributed by atoms with Gasteiger partial charge < -0.3 is 10.1 Å². The van der Waals surface area contributed by atoms with Crippen molar-refractivity contribution in [1.82, 2.24) is 9.55 Å². The first kappa shape index (κ1) is 18.1. The van der Waals surface area contributed by atoms with Crippen LogP contribution in [0, 0.1) is 13.8 Å². The number of carbonyl (C=O) groups excluding carboxylic acids is 1. The molecule has 0 radical (unpaired) electrons. The second kappa shape index (κ2) is 7.29. The van der Waals surface area contributed by atoms with Crippen LogP contribution in [-0.4, -0.2) is 22.6 Å². The second-order valence-corrected chi connectivity index (χ2v) is 7.14. The minimum Gasteiger partial charge on any atom is -0.495 e. The highest BCUT2D eigenvalue weighted by Gasteiger charge is 2.20. The molecule has 2 heterocycles. The van der Waals surface area contributed by atoms with Gasteiger partial charge in [0.05, 0.1) is 29.4 Å². The number of nitrogens with one attached hydrogen (secondary N) is 1. The molecule has 0 aliphatic rings. The molecule has 3 aromatic rings. The minimum absolute atomic E-state index is 0.0993. The third-order valence-electron chi connectivity index (χ3n) is 4.19. The lowest BCUT2D eigenvalue weighted by Gasteiger charge is -2.10. The van der Waals surface area contributed by atoms with Gasteiger partial charge in [0.25, 0.3) is 11.5 Å². The van der Waals surface area contributed by atoms with E-state index in [0.29, 0.717) is 38.6 Å². The van der Waals surface area contributed by atoms with Gasteiger partial charge in [-0.15, -0.1) is 11.3 Å². The zero-order valence-electron chi connectivity index (χ0n) is 15.3. The molecular weight excluding hydrogens is 350 g/mol. The van der Waals surface area contributed by atoms with Gasteiger partial charge in [-0.1, -0.05) is 13.0 Å². The smallest absolute Gasteiger partial charge is 0.266 e. The maximum Gasteiger partial charge on any atom is 0.266 e. The van der Waals surface area contributed by atoms with Crippen molar-refractivity contribution < 1.29 is 9.53 Å². The number of rotatable bonds is 5. The van der Waals surface area contributed by atoms with Crippen LogP contribution in [0.2, 0.25) is 0 Å². The van der Waals surface area contributed by atoms with Gasteiger partial charge in [0.1, 0.15) is 10.6 Å². The fourth-order valence-corrected chi connectivity index (χ4v) is 3.91. The van der Waals surface area contributed by atoms with Crippen LogP contribution in [0.4, 0.5) is 5.69 Å². The largest absolute Gasteiger partial charge is 0.495 e. The first-order valence-corrected chi connectivity index (χ1v) is 9.22. The summed E-state index contributed by atoms with van der Waals surface area (Å²) >= 11 is 1.23. The topological polar surface area (TPSA) is 73.2 Å². The lowest BCUT2D eigenvalue weighted by Crippen LogP contribution is -2.20. The average Bonchev–Trinajstić information content (AvgIpc) is 2.95. The minimum atomic E-state index is -0.268. The molecule has 2 aromatic heterocycles. The van der Waals surface area contributed by atoms with Crippen molar-refractivity contribution in [2.45, 2.75) is 33.7 Å². The summed E-state index contributed by atoms with van der Waals surface area (Å²) in [5, 5.41) is 3.41. The fraction of sp³-hybridized carbons (Fsp3) is 0.316. The van der Waals surface area contributed by atoms with Crippen LogP contribution in [-0.2, 0) is 6.54 Å². The van der Waals surface area contributed by atoms with E-state index < -0.39 is 0 Å². The van der Waals surface area contributed by atoms with Crippen LogP contribution in [0.25, 0.3) is 10.2 Å². The van der Waals surface area contributed by atoms with Crippen LogP contribution in [0.1, 0.15) is 34.1 Å². The third kappa shape index (κ3) is 3.22. The predicted octanol–water partition coefficient (Wildman–Crippen LogP) is 3.75. The van der Waals surface area contributed by atoms with Gasteiger partial charge in [-0.25, -0.2) is 4.98 Å². The van der Waals surface area contributed by atoms with Crippen LogP contribution in [0.3, 0.4) is 0 Å². The van der Waals surface area contributed by atoms with Gasteiger partial charge >= 0.3 is 0 Å². The van der Waals surface area contributed by atoms with E-state index in [2.05, 4.69) is 10.3 Å². The number of methoxy groups -OCH3 is 1. The normalized spacial score (nSPS) is 10.9. The Morgan fingerprint density at radius 3 is 2.81 bits per heavy atom. The first-order valence-electron chi connectivity index (χ1n) is 8.40. The highest BCUT2D eigenvalue weighted by Crippen LogP contribution is 2.30. The van der Waals surface area contributed by atoms with Crippen LogP contribution in [0.15, 0.2) is 29.3 Å². The van der Waals surface area contributed by atoms with E-state index in [1.807, 2.05) is 32.0 Å². The highest BCUT2D eigenvalue weighted by molar-refractivity contribution is 7.20. The Kier molecular flexibility index (Phi) is 5.08. The predicted molar refractivity (Wildman–Crippen MR) is 105 cm³/mol. The summed E-state index contributed by atoms with van der Waals surface area (Å²) < 4.78 is 6.90. The van der Waals surface area contributed by atoms with Gasteiger partial charge in [0.15, 0.2) is 0 Å². The molecule has 0 fully saturated rings. The van der Waals surface area contributed by atoms with Gasteiger partial charge in [0, 0.05) is 6.54 Å². The van der Waals surface area contributed by atoms with E-state index >= 15 is 0 Å². The van der Waals surface area contributed by atoms with E-state index in [9.17, 15) is 9.59 Å². The van der Waals surface area contributed by atoms with Gasteiger partial charge in [-0.2, -0.15) is 0 Å². The number of ether oxygens (including phenoxy) is 1. The molecule has 0 unspecified atom stereocenters. The number of aromatic nitrogens is 2. The Hall–Kier alpha value is -2.67.